The Labute approximate surface area is 180 Å². The minimum absolute atomic E-state index is 0.104. The molecule has 1 heterocycles. The Hall–Kier alpha value is -2.39. The van der Waals surface area contributed by atoms with Crippen molar-refractivity contribution in [3.8, 4) is 11.5 Å². The highest BCUT2D eigenvalue weighted by Gasteiger charge is 2.32. The first kappa shape index (κ1) is 24.9. The van der Waals surface area contributed by atoms with Gasteiger partial charge < -0.3 is 29.9 Å². The van der Waals surface area contributed by atoms with Crippen molar-refractivity contribution in [3.63, 3.8) is 0 Å². The van der Waals surface area contributed by atoms with E-state index in [4.69, 9.17) is 14.6 Å². The number of fused-ring (bicyclic) bond motifs is 1. The molecule has 0 saturated heterocycles. The molecule has 1 aromatic rings. The summed E-state index contributed by atoms with van der Waals surface area (Å²) in [5.74, 6) is -1.52. The Kier molecular flexibility index (Phi) is 8.25. The fourth-order valence-electron chi connectivity index (χ4n) is 3.23. The molecule has 10 nitrogen and oxygen atoms in total. The number of methoxy groups -OCH3 is 1. The van der Waals surface area contributed by atoms with E-state index < -0.39 is 25.6 Å². The molecule has 0 bridgehead atoms. The third-order valence-electron chi connectivity index (χ3n) is 4.95. The van der Waals surface area contributed by atoms with Gasteiger partial charge in [0.05, 0.1) is 13.3 Å². The number of ether oxygens (including phenoxy) is 2. The van der Waals surface area contributed by atoms with Crippen LogP contribution >= 0.6 is 7.60 Å². The lowest BCUT2D eigenvalue weighted by molar-refractivity contribution is -0.144. The molecule has 0 aliphatic carbocycles. The third kappa shape index (κ3) is 6.07. The number of hydrogen-bond acceptors (Lipinski definition) is 8. The Morgan fingerprint density at radius 3 is 2.71 bits per heavy atom. The molecule has 31 heavy (non-hydrogen) atoms. The van der Waals surface area contributed by atoms with Crippen LogP contribution in [0.5, 0.6) is 11.5 Å². The Morgan fingerprint density at radius 1 is 1.42 bits per heavy atom. The van der Waals surface area contributed by atoms with Crippen LogP contribution in [0.4, 0.5) is 0 Å². The van der Waals surface area contributed by atoms with Crippen LogP contribution in [-0.2, 0) is 31.6 Å². The Morgan fingerprint density at radius 2 is 2.10 bits per heavy atom. The largest absolute Gasteiger partial charge is 0.507 e. The smallest absolute Gasteiger partial charge is 0.342 e. The van der Waals surface area contributed by atoms with E-state index in [2.05, 4.69) is 9.84 Å². The van der Waals surface area contributed by atoms with Gasteiger partial charge in [0, 0.05) is 24.2 Å². The molecule has 0 radical (unpaired) electrons. The van der Waals surface area contributed by atoms with Gasteiger partial charge in [-0.05, 0) is 32.8 Å². The van der Waals surface area contributed by atoms with Crippen molar-refractivity contribution in [2.45, 2.75) is 39.9 Å². The van der Waals surface area contributed by atoms with Gasteiger partial charge in [0.25, 0.3) is 0 Å². The number of esters is 1. The number of carbonyl (C=O) groups excluding carboxylic acids is 1. The van der Waals surface area contributed by atoms with Crippen LogP contribution in [-0.4, -0.2) is 59.5 Å². The molecule has 0 spiro atoms. The van der Waals surface area contributed by atoms with Crippen LogP contribution in [0.25, 0.3) is 0 Å². The summed E-state index contributed by atoms with van der Waals surface area (Å²) in [5, 5.41) is 22.3. The second-order valence-electron chi connectivity index (χ2n) is 7.29. The van der Waals surface area contributed by atoms with Gasteiger partial charge in [0.2, 0.25) is 0 Å². The summed E-state index contributed by atoms with van der Waals surface area (Å²) < 4.78 is 27.0. The lowest BCUT2D eigenvalue weighted by Crippen LogP contribution is -2.23. The minimum Gasteiger partial charge on any atom is -0.507 e. The summed E-state index contributed by atoms with van der Waals surface area (Å²) in [4.78, 5) is 32.4. The van der Waals surface area contributed by atoms with E-state index in [1.54, 1.807) is 6.92 Å². The molecule has 2 unspecified atom stereocenters. The molecule has 0 amide bonds. The lowest BCUT2D eigenvalue weighted by Gasteiger charge is -2.16. The average molecular weight is 457 g/mol. The molecule has 4 N–H and O–H groups in total. The van der Waals surface area contributed by atoms with Gasteiger partial charge in [-0.15, -0.1) is 0 Å². The molecule has 0 saturated carbocycles. The topological polar surface area (TPSA) is 152 Å². The van der Waals surface area contributed by atoms with Gasteiger partial charge >= 0.3 is 19.5 Å². The predicted octanol–water partition coefficient (Wildman–Crippen LogP) is 2.13. The second kappa shape index (κ2) is 10.3. The number of carboxylic acids is 1. The van der Waals surface area contributed by atoms with Crippen LogP contribution in [0.2, 0.25) is 0 Å². The molecule has 2 atom stereocenters. The quantitative estimate of drug-likeness (QED) is 0.168. The fourth-order valence-corrected chi connectivity index (χ4v) is 4.36. The first-order valence-electron chi connectivity index (χ1n) is 9.66. The van der Waals surface area contributed by atoms with Gasteiger partial charge in [-0.1, -0.05) is 11.6 Å². The lowest BCUT2D eigenvalue weighted by atomic mass is 9.95. The van der Waals surface area contributed by atoms with Crippen LogP contribution in [0.15, 0.2) is 11.6 Å². The van der Waals surface area contributed by atoms with Gasteiger partial charge in [0.15, 0.2) is 6.10 Å². The van der Waals surface area contributed by atoms with E-state index >= 15 is 0 Å². The molecule has 11 heteroatoms. The number of benzene rings is 1. The van der Waals surface area contributed by atoms with E-state index in [1.807, 2.05) is 13.0 Å². The summed E-state index contributed by atoms with van der Waals surface area (Å²) in [6.07, 6.45) is 0.548. The van der Waals surface area contributed by atoms with E-state index in [-0.39, 0.29) is 30.6 Å². The highest BCUT2D eigenvalue weighted by Crippen LogP contribution is 2.43. The van der Waals surface area contributed by atoms with Crippen LogP contribution in [0.3, 0.4) is 0 Å². The number of carbonyl (C=O) groups is 2. The molecular weight excluding hydrogens is 429 g/mol. The molecule has 172 valence electrons. The number of cyclic esters (lactones) is 1. The Bertz CT molecular complexity index is 941. The van der Waals surface area contributed by atoms with Crippen molar-refractivity contribution in [2.24, 2.45) is 0 Å². The number of hydrogen-bond donors (Lipinski definition) is 4. The number of aromatic hydroxyl groups is 1. The van der Waals surface area contributed by atoms with Crippen molar-refractivity contribution < 1.29 is 43.3 Å². The standard InChI is InChI=1S/C20H28NO9P/c1-11(9-21-7-8-31(26,27)30-13(3)19(23)24)5-6-14-17(22)16-15(10-29-20(16)25)12(2)18(14)28-4/h5,13,21-22H,6-10H2,1-4H3,(H,23,24)(H,26,27). The maximum atomic E-state index is 12.0. The van der Waals surface area contributed by atoms with E-state index in [0.29, 0.717) is 29.8 Å². The average Bonchev–Trinajstić information content (AvgIpc) is 3.08. The fraction of sp³-hybridized carbons (Fsp3) is 0.500. The van der Waals surface area contributed by atoms with Crippen molar-refractivity contribution in [1.82, 2.24) is 5.32 Å². The predicted molar refractivity (Wildman–Crippen MR) is 112 cm³/mol. The number of nitrogens with one attached hydrogen (secondary N) is 1. The van der Waals surface area contributed by atoms with Crippen molar-refractivity contribution in [3.05, 3.63) is 33.9 Å². The summed E-state index contributed by atoms with van der Waals surface area (Å²) in [7, 11) is -2.52. The zero-order valence-corrected chi connectivity index (χ0v) is 18.8. The highest BCUT2D eigenvalue weighted by atomic mass is 31.2. The third-order valence-corrected chi connectivity index (χ3v) is 6.38. The first-order valence-corrected chi connectivity index (χ1v) is 11.4. The maximum absolute atomic E-state index is 12.0. The summed E-state index contributed by atoms with van der Waals surface area (Å²) in [6.45, 7) is 5.48. The molecular formula is C20H28NO9P. The highest BCUT2D eigenvalue weighted by molar-refractivity contribution is 7.52. The van der Waals surface area contributed by atoms with Crippen molar-refractivity contribution >= 4 is 19.5 Å². The molecule has 0 fully saturated rings. The van der Waals surface area contributed by atoms with E-state index in [1.165, 1.54) is 14.0 Å². The molecule has 0 aromatic heterocycles. The SMILES string of the molecule is COc1c(C)c2c(c(O)c1CC=C(C)CNCCP(=O)(O)OC(C)C(=O)O)C(=O)OC2. The van der Waals surface area contributed by atoms with Crippen molar-refractivity contribution in [1.29, 1.82) is 0 Å². The molecule has 1 aliphatic rings. The number of phenols is 1. The van der Waals surface area contributed by atoms with Crippen LogP contribution in [0.1, 0.15) is 40.9 Å². The van der Waals surface area contributed by atoms with E-state index in [9.17, 15) is 24.2 Å². The van der Waals surface area contributed by atoms with E-state index in [0.717, 1.165) is 11.1 Å². The second-order valence-corrected chi connectivity index (χ2v) is 9.23. The van der Waals surface area contributed by atoms with Crippen LogP contribution in [0, 0.1) is 6.92 Å². The number of phenolic OH excluding ortho intramolecular Hbond substituents is 1. The number of aliphatic carboxylic acids is 1. The summed E-state index contributed by atoms with van der Waals surface area (Å²) >= 11 is 0. The van der Waals surface area contributed by atoms with Gasteiger partial charge in [0.1, 0.15) is 23.7 Å². The van der Waals surface area contributed by atoms with Crippen molar-refractivity contribution in [2.75, 3.05) is 26.4 Å². The zero-order chi connectivity index (χ0) is 23.3. The zero-order valence-electron chi connectivity index (χ0n) is 17.9. The normalized spacial score (nSPS) is 16.4. The minimum atomic E-state index is -4.02. The van der Waals surface area contributed by atoms with Crippen LogP contribution < -0.4 is 10.1 Å². The summed E-state index contributed by atoms with van der Waals surface area (Å²) in [6, 6.07) is 0. The first-order chi connectivity index (χ1) is 14.5. The Balaban J connectivity index is 1.98. The number of allylic oxidation sites excluding steroid dienone is 1. The van der Waals surface area contributed by atoms with Gasteiger partial charge in [-0.2, -0.15) is 0 Å². The maximum Gasteiger partial charge on any atom is 0.342 e. The monoisotopic (exact) mass is 457 g/mol. The summed E-state index contributed by atoms with van der Waals surface area (Å²) in [5.41, 5.74) is 2.90. The van der Waals surface area contributed by atoms with Gasteiger partial charge in [-0.25, -0.2) is 9.59 Å². The molecule has 1 aromatic carbocycles. The van der Waals surface area contributed by atoms with Gasteiger partial charge in [-0.3, -0.25) is 9.09 Å². The number of carboxylic acid groups (broad SMARTS) is 1. The number of rotatable bonds is 11. The molecule has 2 rings (SSSR count). The molecule has 1 aliphatic heterocycles.